The summed E-state index contributed by atoms with van der Waals surface area (Å²) in [5, 5.41) is 0. The molecule has 1 aliphatic heterocycles. The topological polar surface area (TPSA) is 43.4 Å². The first-order valence-corrected chi connectivity index (χ1v) is 9.19. The van der Waals surface area contributed by atoms with Gasteiger partial charge >= 0.3 is 11.9 Å². The van der Waals surface area contributed by atoms with Crippen LogP contribution in [-0.4, -0.2) is 11.9 Å². The van der Waals surface area contributed by atoms with Crippen LogP contribution in [0.25, 0.3) is 0 Å². The standard InChI is InChI=1S/C21H22O3/c1-11(14-4-2-3-5-14)17-19(21(23)24-20(17)22)18-15-7-12-6-13(9-15)10-16(18)8-12/h2-4,12-13,15-16H,5-10H2,1H3/b17-11+,19-18?. The monoisotopic (exact) mass is 322 g/mol. The van der Waals surface area contributed by atoms with Crippen molar-refractivity contribution < 1.29 is 14.3 Å². The maximum Gasteiger partial charge on any atom is 0.347 e. The lowest BCUT2D eigenvalue weighted by Crippen LogP contribution is -2.41. The fraction of sp³-hybridized carbons (Fsp3) is 0.524. The predicted octanol–water partition coefficient (Wildman–Crippen LogP) is 4.03. The average Bonchev–Trinajstić information content (AvgIpc) is 3.15. The summed E-state index contributed by atoms with van der Waals surface area (Å²) in [5.41, 5.74) is 4.50. The lowest BCUT2D eigenvalue weighted by atomic mass is 9.53. The molecule has 6 aliphatic rings. The quantitative estimate of drug-likeness (QED) is 0.416. The highest BCUT2D eigenvalue weighted by atomic mass is 16.6. The molecule has 0 amide bonds. The maximum atomic E-state index is 12.6. The normalized spacial score (nSPS) is 39.0. The molecule has 124 valence electrons. The van der Waals surface area contributed by atoms with E-state index in [1.54, 1.807) is 0 Å². The molecule has 4 saturated carbocycles. The van der Waals surface area contributed by atoms with Gasteiger partial charge in [-0.05, 0) is 85.8 Å². The highest BCUT2D eigenvalue weighted by molar-refractivity contribution is 6.19. The van der Waals surface area contributed by atoms with Gasteiger partial charge in [0.25, 0.3) is 0 Å². The molecule has 0 N–H and O–H groups in total. The zero-order valence-corrected chi connectivity index (χ0v) is 14.0. The lowest BCUT2D eigenvalue weighted by Gasteiger charge is -2.51. The van der Waals surface area contributed by atoms with E-state index in [0.29, 0.717) is 23.0 Å². The van der Waals surface area contributed by atoms with Crippen LogP contribution in [0, 0.1) is 23.7 Å². The summed E-state index contributed by atoms with van der Waals surface area (Å²) < 4.78 is 5.08. The van der Waals surface area contributed by atoms with Crippen LogP contribution in [-0.2, 0) is 14.3 Å². The number of ether oxygens (including phenoxy) is 1. The molecule has 1 saturated heterocycles. The van der Waals surface area contributed by atoms with Crippen molar-refractivity contribution in [3.8, 4) is 0 Å². The van der Waals surface area contributed by atoms with Crippen molar-refractivity contribution in [2.24, 2.45) is 23.7 Å². The van der Waals surface area contributed by atoms with Gasteiger partial charge < -0.3 is 4.74 Å². The smallest absolute Gasteiger partial charge is 0.347 e. The van der Waals surface area contributed by atoms with E-state index in [1.807, 2.05) is 19.1 Å². The first-order valence-electron chi connectivity index (χ1n) is 9.19. The van der Waals surface area contributed by atoms with Gasteiger partial charge in [-0.3, -0.25) is 0 Å². The minimum absolute atomic E-state index is 0.400. The Bertz CT molecular complexity index is 745. The van der Waals surface area contributed by atoms with Crippen molar-refractivity contribution in [1.29, 1.82) is 0 Å². The van der Waals surface area contributed by atoms with Crippen molar-refractivity contribution in [2.75, 3.05) is 0 Å². The summed E-state index contributed by atoms with van der Waals surface area (Å²) in [6.07, 6.45) is 13.1. The van der Waals surface area contributed by atoms with Crippen LogP contribution in [0.3, 0.4) is 0 Å². The van der Waals surface area contributed by atoms with Crippen molar-refractivity contribution in [1.82, 2.24) is 0 Å². The Morgan fingerprint density at radius 1 is 1.00 bits per heavy atom. The van der Waals surface area contributed by atoms with E-state index >= 15 is 0 Å². The number of carbonyl (C=O) groups is 2. The van der Waals surface area contributed by atoms with Gasteiger partial charge in [-0.25, -0.2) is 9.59 Å². The van der Waals surface area contributed by atoms with Gasteiger partial charge in [0.2, 0.25) is 0 Å². The molecule has 24 heavy (non-hydrogen) atoms. The van der Waals surface area contributed by atoms with E-state index in [4.69, 9.17) is 4.74 Å². The van der Waals surface area contributed by atoms with Crippen molar-refractivity contribution in [3.05, 3.63) is 46.1 Å². The molecule has 0 unspecified atom stereocenters. The van der Waals surface area contributed by atoms with Crippen LogP contribution in [0.4, 0.5) is 0 Å². The first kappa shape index (κ1) is 14.4. The van der Waals surface area contributed by atoms with Gasteiger partial charge in [-0.2, -0.15) is 0 Å². The lowest BCUT2D eigenvalue weighted by molar-refractivity contribution is -0.149. The van der Waals surface area contributed by atoms with E-state index in [1.165, 1.54) is 37.7 Å². The Morgan fingerprint density at radius 2 is 1.67 bits per heavy atom. The second kappa shape index (κ2) is 5.05. The molecule has 3 nitrogen and oxygen atoms in total. The molecule has 5 aliphatic carbocycles. The largest absolute Gasteiger partial charge is 0.386 e. The second-order valence-electron chi connectivity index (χ2n) is 8.14. The molecule has 0 aromatic carbocycles. The molecular formula is C21H22O3. The fourth-order valence-corrected chi connectivity index (χ4v) is 5.98. The molecule has 0 radical (unpaired) electrons. The van der Waals surface area contributed by atoms with Gasteiger partial charge in [-0.15, -0.1) is 0 Å². The number of hydrogen-bond donors (Lipinski definition) is 0. The third-order valence-electron chi connectivity index (χ3n) is 6.78. The molecule has 0 atom stereocenters. The zero-order valence-electron chi connectivity index (χ0n) is 14.0. The maximum absolute atomic E-state index is 12.6. The number of cyclic esters (lactones) is 2. The summed E-state index contributed by atoms with van der Waals surface area (Å²) in [4.78, 5) is 25.0. The van der Waals surface area contributed by atoms with Crippen LogP contribution in [0.15, 0.2) is 46.1 Å². The summed E-state index contributed by atoms with van der Waals surface area (Å²) in [6.45, 7) is 1.96. The summed E-state index contributed by atoms with van der Waals surface area (Å²) >= 11 is 0. The first-order chi connectivity index (χ1) is 11.6. The Labute approximate surface area is 142 Å². The molecule has 0 aromatic rings. The molecule has 1 heterocycles. The Kier molecular flexibility index (Phi) is 3.04. The Balaban J connectivity index is 1.66. The molecule has 3 heteroatoms. The summed E-state index contributed by atoms with van der Waals surface area (Å²) in [5.74, 6) is 1.81. The molecule has 6 rings (SSSR count). The van der Waals surface area contributed by atoms with E-state index in [0.717, 1.165) is 29.4 Å². The van der Waals surface area contributed by atoms with Gasteiger partial charge in [0.15, 0.2) is 0 Å². The van der Waals surface area contributed by atoms with E-state index in [-0.39, 0.29) is 0 Å². The van der Waals surface area contributed by atoms with Gasteiger partial charge in [0.05, 0.1) is 11.1 Å². The van der Waals surface area contributed by atoms with Crippen molar-refractivity contribution >= 4 is 11.9 Å². The molecule has 0 aromatic heterocycles. The number of carbonyl (C=O) groups excluding carboxylic acids is 2. The fourth-order valence-electron chi connectivity index (χ4n) is 5.98. The van der Waals surface area contributed by atoms with Crippen molar-refractivity contribution in [2.45, 2.75) is 45.4 Å². The Morgan fingerprint density at radius 3 is 2.25 bits per heavy atom. The average molecular weight is 322 g/mol. The second-order valence-corrected chi connectivity index (χ2v) is 8.14. The molecule has 5 fully saturated rings. The van der Waals surface area contributed by atoms with Crippen LogP contribution < -0.4 is 0 Å². The van der Waals surface area contributed by atoms with Crippen LogP contribution in [0.5, 0.6) is 0 Å². The minimum atomic E-state index is -0.443. The predicted molar refractivity (Wildman–Crippen MR) is 89.7 cm³/mol. The van der Waals surface area contributed by atoms with Crippen LogP contribution in [0.1, 0.15) is 45.4 Å². The van der Waals surface area contributed by atoms with Crippen molar-refractivity contribution in [3.63, 3.8) is 0 Å². The number of rotatable bonds is 1. The van der Waals surface area contributed by atoms with E-state index < -0.39 is 11.9 Å². The summed E-state index contributed by atoms with van der Waals surface area (Å²) in [7, 11) is 0. The number of esters is 2. The van der Waals surface area contributed by atoms with Gasteiger partial charge in [0.1, 0.15) is 0 Å². The minimum Gasteiger partial charge on any atom is -0.386 e. The third kappa shape index (κ3) is 1.96. The van der Waals surface area contributed by atoms with Gasteiger partial charge in [0, 0.05) is 0 Å². The number of allylic oxidation sites excluding steroid dienone is 6. The Hall–Kier alpha value is -1.90. The van der Waals surface area contributed by atoms with E-state index in [9.17, 15) is 9.59 Å². The highest BCUT2D eigenvalue weighted by Crippen LogP contribution is 2.58. The molecule has 4 bridgehead atoms. The zero-order chi connectivity index (χ0) is 16.4. The van der Waals surface area contributed by atoms with Gasteiger partial charge in [-0.1, -0.05) is 18.2 Å². The third-order valence-corrected chi connectivity index (χ3v) is 6.78. The molecule has 0 spiro atoms. The molecular weight excluding hydrogens is 300 g/mol. The number of hydrogen-bond acceptors (Lipinski definition) is 3. The van der Waals surface area contributed by atoms with E-state index in [2.05, 4.69) is 6.08 Å². The van der Waals surface area contributed by atoms with Crippen LogP contribution in [0.2, 0.25) is 0 Å². The van der Waals surface area contributed by atoms with Crippen LogP contribution >= 0.6 is 0 Å². The summed E-state index contributed by atoms with van der Waals surface area (Å²) in [6, 6.07) is 0. The SMILES string of the molecule is C/C(C1=CC=CC1)=C1\C(=O)OC(=O)C1=C1C2CC3CC(C2)CC1C3. The highest BCUT2D eigenvalue weighted by Gasteiger charge is 2.49.